The molecular formula is C22H30N2O6S. The minimum Gasteiger partial charge on any atom is -0.483 e. The van der Waals surface area contributed by atoms with Crippen LogP contribution in [0.4, 0.5) is 0 Å². The number of carbonyl (C=O) groups excluding carboxylic acids is 1. The van der Waals surface area contributed by atoms with Gasteiger partial charge in [-0.05, 0) is 49.7 Å². The van der Waals surface area contributed by atoms with Gasteiger partial charge in [0.25, 0.3) is 5.91 Å². The Morgan fingerprint density at radius 1 is 1.00 bits per heavy atom. The zero-order chi connectivity index (χ0) is 21.4. The van der Waals surface area contributed by atoms with Gasteiger partial charge in [0.1, 0.15) is 11.0 Å². The minimum absolute atomic E-state index is 0.0560. The molecule has 1 aliphatic carbocycles. The molecule has 1 aromatic rings. The smallest absolute Gasteiger partial charge is 0.260 e. The lowest BCUT2D eigenvalue weighted by molar-refractivity contribution is -0.136. The van der Waals surface area contributed by atoms with Crippen molar-refractivity contribution in [3.05, 3.63) is 29.8 Å². The number of hydrogen-bond donors (Lipinski definition) is 1. The molecule has 1 unspecified atom stereocenters. The molecule has 0 spiro atoms. The van der Waals surface area contributed by atoms with Crippen LogP contribution in [0, 0.1) is 0 Å². The zero-order valence-corrected chi connectivity index (χ0v) is 18.4. The first-order valence-corrected chi connectivity index (χ1v) is 12.8. The molecule has 1 N–H and O–H groups in total. The predicted molar refractivity (Wildman–Crippen MR) is 113 cm³/mol. The SMILES string of the molecule is O=C1COc2ccccc2C2CCC(CC2)OCC2[C@@H](NS(=O)(=O)C3COC3)CCN12. The van der Waals surface area contributed by atoms with Crippen molar-refractivity contribution in [2.75, 3.05) is 33.0 Å². The second-order valence-electron chi connectivity index (χ2n) is 9.01. The average molecular weight is 451 g/mol. The summed E-state index contributed by atoms with van der Waals surface area (Å²) >= 11 is 0. The molecule has 5 aliphatic rings. The van der Waals surface area contributed by atoms with E-state index in [0.717, 1.165) is 31.4 Å². The van der Waals surface area contributed by atoms with Crippen molar-refractivity contribution in [2.45, 2.75) is 61.5 Å². The summed E-state index contributed by atoms with van der Waals surface area (Å²) in [6.45, 7) is 1.21. The first-order valence-electron chi connectivity index (χ1n) is 11.2. The van der Waals surface area contributed by atoms with Gasteiger partial charge in [-0.1, -0.05) is 18.2 Å². The third-order valence-electron chi connectivity index (χ3n) is 7.11. The molecule has 2 bridgehead atoms. The van der Waals surface area contributed by atoms with Gasteiger partial charge in [0.05, 0.1) is 32.0 Å². The summed E-state index contributed by atoms with van der Waals surface area (Å²) in [5.74, 6) is 1.05. The monoisotopic (exact) mass is 450 g/mol. The third-order valence-corrected chi connectivity index (χ3v) is 8.90. The van der Waals surface area contributed by atoms with Crippen LogP contribution in [0.1, 0.15) is 43.6 Å². The van der Waals surface area contributed by atoms with Gasteiger partial charge in [-0.25, -0.2) is 13.1 Å². The second kappa shape index (κ2) is 8.69. The number of hydrogen-bond acceptors (Lipinski definition) is 6. The maximum atomic E-state index is 13.0. The lowest BCUT2D eigenvalue weighted by atomic mass is 9.82. The van der Waals surface area contributed by atoms with Crippen LogP contribution in [0.2, 0.25) is 0 Å². The van der Waals surface area contributed by atoms with Gasteiger partial charge < -0.3 is 19.1 Å². The van der Waals surface area contributed by atoms with Crippen LogP contribution in [-0.2, 0) is 24.3 Å². The molecule has 1 amide bonds. The number of amides is 1. The van der Waals surface area contributed by atoms with Crippen LogP contribution in [0.25, 0.3) is 0 Å². The summed E-state index contributed by atoms with van der Waals surface area (Å²) < 4.78 is 45.4. The highest BCUT2D eigenvalue weighted by atomic mass is 32.2. The Morgan fingerprint density at radius 2 is 1.77 bits per heavy atom. The lowest BCUT2D eigenvalue weighted by Gasteiger charge is -2.33. The van der Waals surface area contributed by atoms with Crippen LogP contribution in [-0.4, -0.2) is 75.6 Å². The molecule has 1 saturated carbocycles. The van der Waals surface area contributed by atoms with E-state index >= 15 is 0 Å². The number of benzene rings is 1. The van der Waals surface area contributed by atoms with E-state index in [-0.39, 0.29) is 43.9 Å². The van der Waals surface area contributed by atoms with E-state index in [0.29, 0.717) is 25.5 Å². The molecule has 4 heterocycles. The number of ether oxygens (including phenoxy) is 3. The normalized spacial score (nSPS) is 32.1. The Hall–Kier alpha value is -1.68. The van der Waals surface area contributed by atoms with Crippen molar-refractivity contribution >= 4 is 15.9 Å². The van der Waals surface area contributed by atoms with Crippen LogP contribution < -0.4 is 9.46 Å². The van der Waals surface area contributed by atoms with E-state index in [1.54, 1.807) is 4.90 Å². The molecule has 31 heavy (non-hydrogen) atoms. The maximum Gasteiger partial charge on any atom is 0.260 e. The van der Waals surface area contributed by atoms with Crippen molar-refractivity contribution in [1.82, 2.24) is 9.62 Å². The first kappa shape index (κ1) is 21.2. The van der Waals surface area contributed by atoms with Crippen molar-refractivity contribution in [3.8, 4) is 5.75 Å². The highest BCUT2D eigenvalue weighted by molar-refractivity contribution is 7.90. The van der Waals surface area contributed by atoms with E-state index in [1.807, 2.05) is 18.2 Å². The average Bonchev–Trinajstić information content (AvgIpc) is 3.11. The van der Waals surface area contributed by atoms with Gasteiger partial charge in [-0.15, -0.1) is 0 Å². The number of para-hydroxylation sites is 1. The highest BCUT2D eigenvalue weighted by Gasteiger charge is 2.43. The first-order chi connectivity index (χ1) is 15.0. The number of fused-ring (bicyclic) bond motifs is 5. The lowest BCUT2D eigenvalue weighted by Crippen LogP contribution is -2.54. The van der Waals surface area contributed by atoms with Crippen LogP contribution in [0.3, 0.4) is 0 Å². The predicted octanol–water partition coefficient (Wildman–Crippen LogP) is 1.41. The Morgan fingerprint density at radius 3 is 2.52 bits per heavy atom. The molecule has 0 aromatic heterocycles. The number of nitrogens with one attached hydrogen (secondary N) is 1. The van der Waals surface area contributed by atoms with E-state index in [9.17, 15) is 13.2 Å². The van der Waals surface area contributed by atoms with E-state index in [1.165, 1.54) is 5.56 Å². The van der Waals surface area contributed by atoms with E-state index in [2.05, 4.69) is 10.8 Å². The number of sulfonamides is 1. The molecule has 2 atom stereocenters. The Labute approximate surface area is 183 Å². The largest absolute Gasteiger partial charge is 0.483 e. The summed E-state index contributed by atoms with van der Waals surface area (Å²) in [6, 6.07) is 7.29. The molecule has 9 heteroatoms. The molecule has 2 saturated heterocycles. The van der Waals surface area contributed by atoms with Crippen LogP contribution >= 0.6 is 0 Å². The Balaban J connectivity index is 1.37. The standard InChI is InChI=1S/C22H30N2O6S/c25-22-14-30-21-4-2-1-3-18(21)15-5-7-16(8-6-15)29-13-20-19(9-10-24(20)22)23-31(26,27)17-11-28-12-17/h1-4,15-17,19-20,23H,5-14H2/t15?,16?,19-,20?/m0/s1. The fraction of sp³-hybridized carbons (Fsp3) is 0.682. The van der Waals surface area contributed by atoms with E-state index in [4.69, 9.17) is 14.2 Å². The van der Waals surface area contributed by atoms with Gasteiger partial charge in [-0.3, -0.25) is 4.79 Å². The Bertz CT molecular complexity index is 910. The van der Waals surface area contributed by atoms with Gasteiger partial charge in [0.15, 0.2) is 6.61 Å². The molecule has 6 rings (SSSR count). The maximum absolute atomic E-state index is 13.0. The summed E-state index contributed by atoms with van der Waals surface area (Å²) in [6.07, 6.45) is 4.65. The molecule has 0 radical (unpaired) electrons. The summed E-state index contributed by atoms with van der Waals surface area (Å²) in [5.41, 5.74) is 1.17. The third kappa shape index (κ3) is 4.33. The highest BCUT2D eigenvalue weighted by Crippen LogP contribution is 2.39. The molecule has 4 aliphatic heterocycles. The van der Waals surface area contributed by atoms with Crippen molar-refractivity contribution in [2.24, 2.45) is 0 Å². The number of nitrogens with zero attached hydrogens (tertiary/aromatic N) is 1. The zero-order valence-electron chi connectivity index (χ0n) is 17.6. The minimum atomic E-state index is -3.48. The number of carbonyl (C=O) groups is 1. The molecule has 170 valence electrons. The summed E-state index contributed by atoms with van der Waals surface area (Å²) in [4.78, 5) is 14.8. The topological polar surface area (TPSA) is 94.2 Å². The Kier molecular flexibility index (Phi) is 5.94. The van der Waals surface area contributed by atoms with Crippen molar-refractivity contribution < 1.29 is 27.4 Å². The van der Waals surface area contributed by atoms with Crippen molar-refractivity contribution in [1.29, 1.82) is 0 Å². The molecule has 1 aromatic carbocycles. The molecule has 3 fully saturated rings. The van der Waals surface area contributed by atoms with Gasteiger partial charge in [0.2, 0.25) is 10.0 Å². The van der Waals surface area contributed by atoms with Crippen molar-refractivity contribution in [3.63, 3.8) is 0 Å². The molecule has 8 nitrogen and oxygen atoms in total. The van der Waals surface area contributed by atoms with Crippen LogP contribution in [0.15, 0.2) is 24.3 Å². The van der Waals surface area contributed by atoms with Gasteiger partial charge in [-0.2, -0.15) is 0 Å². The number of rotatable bonds is 3. The molecular weight excluding hydrogens is 420 g/mol. The summed E-state index contributed by atoms with van der Waals surface area (Å²) in [5, 5.41) is -0.511. The van der Waals surface area contributed by atoms with Crippen LogP contribution in [0.5, 0.6) is 5.75 Å². The fourth-order valence-electron chi connectivity index (χ4n) is 5.15. The second-order valence-corrected chi connectivity index (χ2v) is 11.0. The fourth-order valence-corrected chi connectivity index (χ4v) is 6.59. The van der Waals surface area contributed by atoms with Gasteiger partial charge >= 0.3 is 0 Å². The summed E-state index contributed by atoms with van der Waals surface area (Å²) in [7, 11) is -3.48. The quantitative estimate of drug-likeness (QED) is 0.748. The van der Waals surface area contributed by atoms with E-state index < -0.39 is 15.3 Å². The van der Waals surface area contributed by atoms with Gasteiger partial charge in [0, 0.05) is 12.6 Å².